The van der Waals surface area contributed by atoms with Gasteiger partial charge in [0.15, 0.2) is 17.2 Å². The number of methoxy groups -OCH3 is 1. The smallest absolute Gasteiger partial charge is 0.339 e. The van der Waals surface area contributed by atoms with Gasteiger partial charge >= 0.3 is 10.1 Å². The summed E-state index contributed by atoms with van der Waals surface area (Å²) < 4.78 is 47.1. The van der Waals surface area contributed by atoms with Gasteiger partial charge < -0.3 is 18.4 Å². The van der Waals surface area contributed by atoms with E-state index in [1.54, 1.807) is 36.4 Å². The van der Waals surface area contributed by atoms with Crippen LogP contribution in [-0.2, 0) is 10.1 Å². The van der Waals surface area contributed by atoms with E-state index in [0.717, 1.165) is 5.56 Å². The van der Waals surface area contributed by atoms with E-state index < -0.39 is 16.0 Å². The number of rotatable bonds is 12. The number of halogens is 1. The molecule has 0 unspecified atom stereocenters. The molecular weight excluding hydrogens is 532 g/mol. The highest BCUT2D eigenvalue weighted by Gasteiger charge is 2.22. The summed E-state index contributed by atoms with van der Waals surface area (Å²) in [5.41, 5.74) is 4.05. The number of hydrazone groups is 1. The zero-order valence-electron chi connectivity index (χ0n) is 21.1. The Bertz CT molecular complexity index is 1440. The van der Waals surface area contributed by atoms with Gasteiger partial charge in [-0.2, -0.15) is 13.5 Å². The predicted octanol–water partition coefficient (Wildman–Crippen LogP) is 5.15. The molecule has 3 rings (SSSR count). The summed E-state index contributed by atoms with van der Waals surface area (Å²) in [6.45, 7) is 7.96. The van der Waals surface area contributed by atoms with Crippen molar-refractivity contribution in [3.8, 4) is 23.0 Å². The maximum absolute atomic E-state index is 12.7. The van der Waals surface area contributed by atoms with Crippen molar-refractivity contribution < 1.29 is 31.6 Å². The summed E-state index contributed by atoms with van der Waals surface area (Å²) in [7, 11) is -2.81. The third kappa shape index (κ3) is 7.27. The monoisotopic (exact) mass is 558 g/mol. The SMILES string of the molecule is C=CCOc1ccc(C(=O)N/N=C/c2cc(Cl)c(OS(=O)(=O)c3ccc(C)cc3)c(OC)c2)cc1OCC. The standard InChI is InChI=1S/C27H27ClN2O7S/c1-5-13-36-23-12-9-20(16-24(23)35-6-2)27(31)30-29-17-19-14-22(28)26(25(15-19)34-4)37-38(32,33)21-10-7-18(3)8-11-21/h5,7-12,14-17H,1,6,13H2,2-4H3,(H,30,31)/b29-17+. The molecule has 0 spiro atoms. The normalized spacial score (nSPS) is 11.2. The van der Waals surface area contributed by atoms with E-state index in [1.165, 1.54) is 37.6 Å². The van der Waals surface area contributed by atoms with Crippen LogP contribution in [0.3, 0.4) is 0 Å². The molecule has 9 nitrogen and oxygen atoms in total. The molecule has 11 heteroatoms. The van der Waals surface area contributed by atoms with E-state index in [4.69, 9.17) is 30.0 Å². The van der Waals surface area contributed by atoms with Crippen LogP contribution in [-0.4, -0.2) is 40.9 Å². The van der Waals surface area contributed by atoms with Gasteiger partial charge in [-0.15, -0.1) is 0 Å². The second-order valence-corrected chi connectivity index (χ2v) is 9.73. The molecule has 0 saturated heterocycles. The van der Waals surface area contributed by atoms with Crippen molar-refractivity contribution in [1.82, 2.24) is 5.43 Å². The Labute approximate surface area is 226 Å². The highest BCUT2D eigenvalue weighted by molar-refractivity contribution is 7.87. The molecule has 1 N–H and O–H groups in total. The molecule has 200 valence electrons. The molecule has 3 aromatic carbocycles. The maximum Gasteiger partial charge on any atom is 0.339 e. The zero-order valence-corrected chi connectivity index (χ0v) is 22.6. The number of benzene rings is 3. The first-order valence-corrected chi connectivity index (χ1v) is 13.2. The minimum absolute atomic E-state index is 0.0238. The first kappa shape index (κ1) is 28.5. The molecule has 0 radical (unpaired) electrons. The number of nitrogens with zero attached hydrogens (tertiary/aromatic N) is 1. The van der Waals surface area contributed by atoms with Crippen molar-refractivity contribution in [3.63, 3.8) is 0 Å². The molecule has 3 aromatic rings. The van der Waals surface area contributed by atoms with Crippen molar-refractivity contribution in [3.05, 3.63) is 89.0 Å². The topological polar surface area (TPSA) is 113 Å². The fourth-order valence-corrected chi connectivity index (χ4v) is 4.43. The van der Waals surface area contributed by atoms with Gasteiger partial charge in [-0.1, -0.05) is 42.0 Å². The molecular formula is C27H27ClN2O7S. The van der Waals surface area contributed by atoms with Gasteiger partial charge in [0.2, 0.25) is 5.75 Å². The summed E-state index contributed by atoms with van der Waals surface area (Å²) in [5.74, 6) is 0.314. The highest BCUT2D eigenvalue weighted by atomic mass is 35.5. The third-order valence-corrected chi connectivity index (χ3v) is 6.51. The van der Waals surface area contributed by atoms with E-state index in [-0.39, 0.29) is 21.4 Å². The predicted molar refractivity (Wildman–Crippen MR) is 145 cm³/mol. The maximum atomic E-state index is 12.7. The largest absolute Gasteiger partial charge is 0.493 e. The molecule has 0 aliphatic carbocycles. The lowest BCUT2D eigenvalue weighted by Crippen LogP contribution is -2.17. The Morgan fingerprint density at radius 2 is 1.79 bits per heavy atom. The van der Waals surface area contributed by atoms with Crippen LogP contribution in [0.4, 0.5) is 0 Å². The van der Waals surface area contributed by atoms with Crippen molar-refractivity contribution in [2.24, 2.45) is 5.10 Å². The number of amides is 1. The fourth-order valence-electron chi connectivity index (χ4n) is 3.17. The molecule has 0 fully saturated rings. The van der Waals surface area contributed by atoms with Crippen molar-refractivity contribution in [2.75, 3.05) is 20.3 Å². The van der Waals surface area contributed by atoms with E-state index in [9.17, 15) is 13.2 Å². The lowest BCUT2D eigenvalue weighted by molar-refractivity contribution is 0.0954. The minimum Gasteiger partial charge on any atom is -0.493 e. The molecule has 0 saturated carbocycles. The average Bonchev–Trinajstić information content (AvgIpc) is 2.89. The van der Waals surface area contributed by atoms with Gasteiger partial charge in [0.25, 0.3) is 5.91 Å². The Morgan fingerprint density at radius 3 is 2.45 bits per heavy atom. The number of nitrogens with one attached hydrogen (secondary N) is 1. The summed E-state index contributed by atoms with van der Waals surface area (Å²) in [5, 5.41) is 3.94. The van der Waals surface area contributed by atoms with Crippen molar-refractivity contribution >= 4 is 33.8 Å². The summed E-state index contributed by atoms with van der Waals surface area (Å²) in [6, 6.07) is 13.8. The van der Waals surface area contributed by atoms with Crippen LogP contribution < -0.4 is 23.8 Å². The molecule has 0 aromatic heterocycles. The molecule has 0 heterocycles. The van der Waals surface area contributed by atoms with Gasteiger partial charge in [-0.05, 0) is 61.9 Å². The van der Waals surface area contributed by atoms with Gasteiger partial charge in [0.05, 0.1) is 25.0 Å². The van der Waals surface area contributed by atoms with Crippen LogP contribution in [0.5, 0.6) is 23.0 Å². The highest BCUT2D eigenvalue weighted by Crippen LogP contribution is 2.38. The number of carbonyl (C=O) groups excluding carboxylic acids is 1. The average molecular weight is 559 g/mol. The Hall–Kier alpha value is -4.02. The molecule has 0 bridgehead atoms. The first-order chi connectivity index (χ1) is 18.2. The molecule has 0 aliphatic rings. The Morgan fingerprint density at radius 1 is 1.05 bits per heavy atom. The number of hydrogen-bond acceptors (Lipinski definition) is 8. The minimum atomic E-state index is -4.15. The number of ether oxygens (including phenoxy) is 3. The van der Waals surface area contributed by atoms with Crippen LogP contribution in [0.1, 0.15) is 28.4 Å². The molecule has 0 aliphatic heterocycles. The second-order valence-electron chi connectivity index (χ2n) is 7.78. The quantitative estimate of drug-likeness (QED) is 0.141. The van der Waals surface area contributed by atoms with E-state index in [1.807, 2.05) is 13.8 Å². The Kier molecular flexibility index (Phi) is 9.75. The van der Waals surface area contributed by atoms with E-state index in [2.05, 4.69) is 17.1 Å². The van der Waals surface area contributed by atoms with Gasteiger partial charge in [-0.25, -0.2) is 5.43 Å². The fraction of sp³-hybridized carbons (Fsp3) is 0.185. The third-order valence-electron chi connectivity index (χ3n) is 5.00. The van der Waals surface area contributed by atoms with Gasteiger partial charge in [0.1, 0.15) is 11.5 Å². The van der Waals surface area contributed by atoms with Gasteiger partial charge in [-0.3, -0.25) is 4.79 Å². The van der Waals surface area contributed by atoms with Crippen LogP contribution in [0, 0.1) is 6.92 Å². The first-order valence-electron chi connectivity index (χ1n) is 11.4. The molecule has 38 heavy (non-hydrogen) atoms. The van der Waals surface area contributed by atoms with Gasteiger partial charge in [0, 0.05) is 5.56 Å². The van der Waals surface area contributed by atoms with Crippen molar-refractivity contribution in [1.29, 1.82) is 0 Å². The molecule has 0 atom stereocenters. The summed E-state index contributed by atoms with van der Waals surface area (Å²) in [4.78, 5) is 12.6. The number of aryl methyl sites for hydroxylation is 1. The van der Waals surface area contributed by atoms with Crippen LogP contribution in [0.2, 0.25) is 5.02 Å². The number of hydrogen-bond donors (Lipinski definition) is 1. The lowest BCUT2D eigenvalue weighted by Gasteiger charge is -2.13. The lowest BCUT2D eigenvalue weighted by atomic mass is 10.2. The molecule has 1 amide bonds. The van der Waals surface area contributed by atoms with Crippen LogP contribution in [0.25, 0.3) is 0 Å². The second kappa shape index (κ2) is 13.0. The van der Waals surface area contributed by atoms with E-state index >= 15 is 0 Å². The summed E-state index contributed by atoms with van der Waals surface area (Å²) in [6.07, 6.45) is 2.93. The van der Waals surface area contributed by atoms with Crippen LogP contribution >= 0.6 is 11.6 Å². The van der Waals surface area contributed by atoms with Crippen molar-refractivity contribution in [2.45, 2.75) is 18.7 Å². The summed E-state index contributed by atoms with van der Waals surface area (Å²) >= 11 is 6.32. The Balaban J connectivity index is 1.75. The van der Waals surface area contributed by atoms with E-state index in [0.29, 0.717) is 35.8 Å². The zero-order chi connectivity index (χ0) is 27.7. The van der Waals surface area contributed by atoms with Crippen LogP contribution in [0.15, 0.2) is 77.2 Å². The number of carbonyl (C=O) groups is 1.